The number of carbonyl (C=O) groups is 1. The van der Waals surface area contributed by atoms with E-state index < -0.39 is 5.41 Å². The monoisotopic (exact) mass is 271 g/mol. The number of benzene rings is 2. The molecule has 3 heteroatoms. The van der Waals surface area contributed by atoms with E-state index in [-0.39, 0.29) is 11.7 Å². The maximum atomic E-state index is 14.1. The van der Waals surface area contributed by atoms with E-state index in [0.29, 0.717) is 11.3 Å². The van der Waals surface area contributed by atoms with Crippen LogP contribution in [-0.2, 0) is 4.79 Å². The molecule has 2 rings (SSSR count). The summed E-state index contributed by atoms with van der Waals surface area (Å²) in [5.41, 5.74) is 1.14. The van der Waals surface area contributed by atoms with Crippen LogP contribution in [-0.4, -0.2) is 5.91 Å². The smallest absolute Gasteiger partial charge is 0.229 e. The molecule has 1 N–H and O–H groups in total. The summed E-state index contributed by atoms with van der Waals surface area (Å²) in [6, 6.07) is 13.9. The molecular formula is C17H18FNO. The molecule has 2 aromatic carbocycles. The molecule has 0 aromatic heterocycles. The Balaban J connectivity index is 2.45. The number of carbonyl (C=O) groups excluding carboxylic acids is 1. The molecule has 2 nitrogen and oxygen atoms in total. The van der Waals surface area contributed by atoms with Crippen LogP contribution in [0.4, 0.5) is 10.1 Å². The van der Waals surface area contributed by atoms with Crippen LogP contribution in [0.3, 0.4) is 0 Å². The number of hydrogen-bond donors (Lipinski definition) is 1. The Hall–Kier alpha value is -2.16. The summed E-state index contributed by atoms with van der Waals surface area (Å²) >= 11 is 0. The van der Waals surface area contributed by atoms with Gasteiger partial charge >= 0.3 is 0 Å². The lowest BCUT2D eigenvalue weighted by molar-refractivity contribution is -0.123. The summed E-state index contributed by atoms with van der Waals surface area (Å²) < 4.78 is 14.1. The SMILES string of the molecule is CC(C)(C)C(=O)Nc1cccc(F)c1-c1ccccc1. The number of nitrogens with one attached hydrogen (secondary N) is 1. The quantitative estimate of drug-likeness (QED) is 0.857. The highest BCUT2D eigenvalue weighted by molar-refractivity contribution is 5.98. The zero-order valence-electron chi connectivity index (χ0n) is 11.9. The van der Waals surface area contributed by atoms with E-state index in [4.69, 9.17) is 0 Å². The summed E-state index contributed by atoms with van der Waals surface area (Å²) in [4.78, 5) is 12.1. The van der Waals surface area contributed by atoms with Gasteiger partial charge in [-0.1, -0.05) is 57.2 Å². The fourth-order valence-electron chi connectivity index (χ4n) is 1.84. The van der Waals surface area contributed by atoms with Gasteiger partial charge in [-0.15, -0.1) is 0 Å². The average molecular weight is 271 g/mol. The second-order valence-electron chi connectivity index (χ2n) is 5.73. The van der Waals surface area contributed by atoms with Gasteiger partial charge in [0.1, 0.15) is 5.82 Å². The first-order valence-corrected chi connectivity index (χ1v) is 6.55. The lowest BCUT2D eigenvalue weighted by Crippen LogP contribution is -2.27. The van der Waals surface area contributed by atoms with Crippen molar-refractivity contribution in [2.24, 2.45) is 5.41 Å². The van der Waals surface area contributed by atoms with Crippen molar-refractivity contribution < 1.29 is 9.18 Å². The Bertz CT molecular complexity index is 615. The van der Waals surface area contributed by atoms with Gasteiger partial charge in [0.15, 0.2) is 0 Å². The predicted octanol–water partition coefficient (Wildman–Crippen LogP) is 4.48. The minimum Gasteiger partial charge on any atom is -0.325 e. The van der Waals surface area contributed by atoms with Crippen LogP contribution in [0.15, 0.2) is 48.5 Å². The Morgan fingerprint density at radius 3 is 2.25 bits per heavy atom. The maximum absolute atomic E-state index is 14.1. The van der Waals surface area contributed by atoms with Crippen molar-refractivity contribution >= 4 is 11.6 Å². The van der Waals surface area contributed by atoms with E-state index in [1.54, 1.807) is 12.1 Å². The zero-order chi connectivity index (χ0) is 14.8. The summed E-state index contributed by atoms with van der Waals surface area (Å²) in [6.45, 7) is 5.47. The summed E-state index contributed by atoms with van der Waals surface area (Å²) in [5, 5.41) is 2.81. The van der Waals surface area contributed by atoms with Crippen molar-refractivity contribution in [1.29, 1.82) is 0 Å². The van der Waals surface area contributed by atoms with Crippen molar-refractivity contribution in [2.45, 2.75) is 20.8 Å². The van der Waals surface area contributed by atoms with E-state index in [1.807, 2.05) is 51.1 Å². The van der Waals surface area contributed by atoms with Gasteiger partial charge in [0.05, 0.1) is 5.69 Å². The molecule has 0 radical (unpaired) electrons. The molecule has 1 amide bonds. The number of amides is 1. The molecule has 104 valence electrons. The van der Waals surface area contributed by atoms with E-state index in [0.717, 1.165) is 5.56 Å². The van der Waals surface area contributed by atoms with Gasteiger partial charge in [0.2, 0.25) is 5.91 Å². The lowest BCUT2D eigenvalue weighted by atomic mass is 9.95. The van der Waals surface area contributed by atoms with Gasteiger partial charge in [-0.2, -0.15) is 0 Å². The molecule has 0 aliphatic carbocycles. The van der Waals surface area contributed by atoms with Gasteiger partial charge in [0, 0.05) is 11.0 Å². The third-order valence-corrected chi connectivity index (χ3v) is 3.01. The molecule has 2 aromatic rings. The summed E-state index contributed by atoms with van der Waals surface area (Å²) in [7, 11) is 0. The first kappa shape index (κ1) is 14.3. The van der Waals surface area contributed by atoms with Crippen LogP contribution in [0.1, 0.15) is 20.8 Å². The molecule has 0 fully saturated rings. The van der Waals surface area contributed by atoms with E-state index in [1.165, 1.54) is 6.07 Å². The Kier molecular flexibility index (Phi) is 3.89. The highest BCUT2D eigenvalue weighted by Crippen LogP contribution is 2.31. The topological polar surface area (TPSA) is 29.1 Å². The third-order valence-electron chi connectivity index (χ3n) is 3.01. The van der Waals surface area contributed by atoms with Crippen LogP contribution < -0.4 is 5.32 Å². The molecular weight excluding hydrogens is 253 g/mol. The number of rotatable bonds is 2. The maximum Gasteiger partial charge on any atom is 0.229 e. The lowest BCUT2D eigenvalue weighted by Gasteiger charge is -2.19. The summed E-state index contributed by atoms with van der Waals surface area (Å²) in [6.07, 6.45) is 0. The van der Waals surface area contributed by atoms with Crippen molar-refractivity contribution in [3.8, 4) is 11.1 Å². The van der Waals surface area contributed by atoms with Gasteiger partial charge in [-0.3, -0.25) is 4.79 Å². The van der Waals surface area contributed by atoms with Gasteiger partial charge in [-0.05, 0) is 17.7 Å². The highest BCUT2D eigenvalue weighted by atomic mass is 19.1. The highest BCUT2D eigenvalue weighted by Gasteiger charge is 2.23. The molecule has 0 saturated carbocycles. The molecule has 0 heterocycles. The zero-order valence-corrected chi connectivity index (χ0v) is 11.9. The normalized spacial score (nSPS) is 11.2. The molecule has 0 bridgehead atoms. The largest absolute Gasteiger partial charge is 0.325 e. The number of halogens is 1. The number of hydrogen-bond acceptors (Lipinski definition) is 1. The molecule has 0 saturated heterocycles. The molecule has 0 atom stereocenters. The van der Waals surface area contributed by atoms with Gasteiger partial charge in [-0.25, -0.2) is 4.39 Å². The first-order valence-electron chi connectivity index (χ1n) is 6.55. The third kappa shape index (κ3) is 3.05. The minimum atomic E-state index is -0.528. The van der Waals surface area contributed by atoms with E-state index >= 15 is 0 Å². The Labute approximate surface area is 118 Å². The second kappa shape index (κ2) is 5.45. The molecule has 20 heavy (non-hydrogen) atoms. The first-order chi connectivity index (χ1) is 9.39. The molecule has 0 aliphatic rings. The standard InChI is InChI=1S/C17H18FNO/c1-17(2,3)16(20)19-14-11-7-10-13(18)15(14)12-8-5-4-6-9-12/h4-11H,1-3H3,(H,19,20). The number of anilines is 1. The van der Waals surface area contributed by atoms with Crippen LogP contribution in [0.25, 0.3) is 11.1 Å². The molecule has 0 aliphatic heterocycles. The van der Waals surface area contributed by atoms with Crippen molar-refractivity contribution in [3.63, 3.8) is 0 Å². The van der Waals surface area contributed by atoms with Crippen LogP contribution in [0, 0.1) is 11.2 Å². The fraction of sp³-hybridized carbons (Fsp3) is 0.235. The molecule has 0 spiro atoms. The van der Waals surface area contributed by atoms with E-state index in [2.05, 4.69) is 5.32 Å². The van der Waals surface area contributed by atoms with Crippen molar-refractivity contribution in [2.75, 3.05) is 5.32 Å². The fourth-order valence-corrected chi connectivity index (χ4v) is 1.84. The van der Waals surface area contributed by atoms with Gasteiger partial charge < -0.3 is 5.32 Å². The van der Waals surface area contributed by atoms with Gasteiger partial charge in [0.25, 0.3) is 0 Å². The predicted molar refractivity (Wildman–Crippen MR) is 79.9 cm³/mol. The second-order valence-corrected chi connectivity index (χ2v) is 5.73. The Morgan fingerprint density at radius 2 is 1.65 bits per heavy atom. The van der Waals surface area contributed by atoms with Crippen molar-refractivity contribution in [3.05, 3.63) is 54.3 Å². The van der Waals surface area contributed by atoms with Crippen molar-refractivity contribution in [1.82, 2.24) is 0 Å². The van der Waals surface area contributed by atoms with Crippen LogP contribution in [0.5, 0.6) is 0 Å². The minimum absolute atomic E-state index is 0.139. The van der Waals surface area contributed by atoms with E-state index in [9.17, 15) is 9.18 Å². The Morgan fingerprint density at radius 1 is 1.00 bits per heavy atom. The average Bonchev–Trinajstić information content (AvgIpc) is 2.39. The van der Waals surface area contributed by atoms with Crippen LogP contribution in [0.2, 0.25) is 0 Å². The van der Waals surface area contributed by atoms with Crippen LogP contribution >= 0.6 is 0 Å². The summed E-state index contributed by atoms with van der Waals surface area (Å²) in [5.74, 6) is -0.483. The molecule has 0 unspecified atom stereocenters.